The number of hydrogen-bond donors (Lipinski definition) is 1. The van der Waals surface area contributed by atoms with Gasteiger partial charge in [0.25, 0.3) is 5.91 Å². The molecule has 2 amide bonds. The maximum absolute atomic E-state index is 11.8. The van der Waals surface area contributed by atoms with Gasteiger partial charge in [0.1, 0.15) is 5.75 Å². The zero-order valence-corrected chi connectivity index (χ0v) is 12.8. The van der Waals surface area contributed by atoms with Crippen molar-refractivity contribution in [2.45, 2.75) is 12.8 Å². The highest BCUT2D eigenvalue weighted by atomic mass is 16.5. The number of carbonyl (C=O) groups excluding carboxylic acids is 3. The molecule has 1 aliphatic rings. The maximum Gasteiger partial charge on any atom is 0.306 e. The summed E-state index contributed by atoms with van der Waals surface area (Å²) in [6.45, 7) is 3.97. The Morgan fingerprint density at radius 3 is 2.91 bits per heavy atom. The molecule has 7 nitrogen and oxygen atoms in total. The molecular formula is C16H18N2O5. The van der Waals surface area contributed by atoms with E-state index < -0.39 is 5.97 Å². The molecule has 0 radical (unpaired) electrons. The van der Waals surface area contributed by atoms with Crippen LogP contribution in [0.4, 0.5) is 11.4 Å². The van der Waals surface area contributed by atoms with Gasteiger partial charge < -0.3 is 19.7 Å². The largest absolute Gasteiger partial charge is 0.481 e. The van der Waals surface area contributed by atoms with E-state index in [1.54, 1.807) is 29.2 Å². The molecule has 0 aliphatic carbocycles. The number of rotatable bonds is 6. The molecule has 0 saturated heterocycles. The minimum atomic E-state index is -0.437. The lowest BCUT2D eigenvalue weighted by Crippen LogP contribution is -2.38. The van der Waals surface area contributed by atoms with Crippen molar-refractivity contribution >= 4 is 29.2 Å². The van der Waals surface area contributed by atoms with E-state index in [4.69, 9.17) is 4.74 Å². The van der Waals surface area contributed by atoms with Gasteiger partial charge in [-0.1, -0.05) is 6.08 Å². The molecule has 0 spiro atoms. The summed E-state index contributed by atoms with van der Waals surface area (Å²) in [7, 11) is 1.28. The van der Waals surface area contributed by atoms with E-state index in [0.717, 1.165) is 0 Å². The summed E-state index contributed by atoms with van der Waals surface area (Å²) in [5.41, 5.74) is 1.17. The summed E-state index contributed by atoms with van der Waals surface area (Å²) in [6, 6.07) is 5.02. The van der Waals surface area contributed by atoms with Gasteiger partial charge in [-0.05, 0) is 12.1 Å². The number of nitrogens with one attached hydrogen (secondary N) is 1. The van der Waals surface area contributed by atoms with Gasteiger partial charge in [-0.2, -0.15) is 0 Å². The first-order chi connectivity index (χ1) is 11.0. The summed E-state index contributed by atoms with van der Waals surface area (Å²) in [5.74, 6) is -0.373. The quantitative estimate of drug-likeness (QED) is 0.634. The molecule has 0 aromatic heterocycles. The Morgan fingerprint density at radius 1 is 1.43 bits per heavy atom. The fourth-order valence-electron chi connectivity index (χ4n) is 2.15. The van der Waals surface area contributed by atoms with Gasteiger partial charge in [-0.3, -0.25) is 14.4 Å². The van der Waals surface area contributed by atoms with E-state index >= 15 is 0 Å². The second-order valence-electron chi connectivity index (χ2n) is 4.89. The predicted molar refractivity (Wildman–Crippen MR) is 84.4 cm³/mol. The Kier molecular flexibility index (Phi) is 5.35. The van der Waals surface area contributed by atoms with Gasteiger partial charge in [0.2, 0.25) is 5.91 Å². The molecule has 23 heavy (non-hydrogen) atoms. The molecule has 1 aliphatic heterocycles. The van der Waals surface area contributed by atoms with Crippen LogP contribution in [-0.4, -0.2) is 38.0 Å². The Balaban J connectivity index is 2.06. The van der Waals surface area contributed by atoms with Crippen LogP contribution in [0.3, 0.4) is 0 Å². The Morgan fingerprint density at radius 2 is 2.22 bits per heavy atom. The molecule has 1 aromatic carbocycles. The summed E-state index contributed by atoms with van der Waals surface area (Å²) in [6.07, 6.45) is 1.69. The highest BCUT2D eigenvalue weighted by molar-refractivity contribution is 5.99. The average molecular weight is 318 g/mol. The van der Waals surface area contributed by atoms with Crippen molar-refractivity contribution < 1.29 is 23.9 Å². The molecule has 0 bridgehead atoms. The maximum atomic E-state index is 11.8. The average Bonchev–Trinajstić information content (AvgIpc) is 2.55. The number of carbonyl (C=O) groups is 3. The zero-order chi connectivity index (χ0) is 16.8. The fourth-order valence-corrected chi connectivity index (χ4v) is 2.15. The van der Waals surface area contributed by atoms with E-state index in [0.29, 0.717) is 23.7 Å². The summed E-state index contributed by atoms with van der Waals surface area (Å²) < 4.78 is 9.88. The third kappa shape index (κ3) is 4.09. The number of fused-ring (bicyclic) bond motifs is 1. The molecule has 1 N–H and O–H groups in total. The van der Waals surface area contributed by atoms with Crippen LogP contribution in [0.25, 0.3) is 0 Å². The smallest absolute Gasteiger partial charge is 0.306 e. The second-order valence-corrected chi connectivity index (χ2v) is 4.89. The van der Waals surface area contributed by atoms with Gasteiger partial charge in [0.15, 0.2) is 6.61 Å². The molecular weight excluding hydrogens is 300 g/mol. The lowest BCUT2D eigenvalue weighted by molar-refractivity contribution is -0.141. The minimum absolute atomic E-state index is 0.0192. The number of amides is 2. The van der Waals surface area contributed by atoms with Crippen LogP contribution in [0.2, 0.25) is 0 Å². The van der Waals surface area contributed by atoms with E-state index in [2.05, 4.69) is 16.6 Å². The summed E-state index contributed by atoms with van der Waals surface area (Å²) in [4.78, 5) is 36.2. The lowest BCUT2D eigenvalue weighted by atomic mass is 10.2. The van der Waals surface area contributed by atoms with Crippen molar-refractivity contribution in [1.82, 2.24) is 0 Å². The third-order valence-corrected chi connectivity index (χ3v) is 3.28. The number of benzene rings is 1. The first-order valence-corrected chi connectivity index (χ1v) is 7.10. The molecule has 0 atom stereocenters. The number of methoxy groups -OCH3 is 1. The molecule has 7 heteroatoms. The SMILES string of the molecule is C=CCN1C(=O)COc2cc(NC(=O)CCC(=O)OC)ccc21. The van der Waals surface area contributed by atoms with Crippen molar-refractivity contribution in [2.24, 2.45) is 0 Å². The number of ether oxygens (including phenoxy) is 2. The van der Waals surface area contributed by atoms with Crippen LogP contribution in [-0.2, 0) is 19.1 Å². The fraction of sp³-hybridized carbons (Fsp3) is 0.312. The molecule has 122 valence electrons. The van der Waals surface area contributed by atoms with Crippen molar-refractivity contribution in [3.05, 3.63) is 30.9 Å². The van der Waals surface area contributed by atoms with Crippen molar-refractivity contribution in [1.29, 1.82) is 0 Å². The molecule has 1 aromatic rings. The van der Waals surface area contributed by atoms with E-state index in [-0.39, 0.29) is 31.3 Å². The van der Waals surface area contributed by atoms with Gasteiger partial charge in [0, 0.05) is 24.7 Å². The molecule has 1 heterocycles. The number of esters is 1. The first kappa shape index (κ1) is 16.5. The Bertz CT molecular complexity index is 641. The minimum Gasteiger partial charge on any atom is -0.481 e. The lowest BCUT2D eigenvalue weighted by Gasteiger charge is -2.28. The monoisotopic (exact) mass is 318 g/mol. The second kappa shape index (κ2) is 7.44. The Hall–Kier alpha value is -2.83. The van der Waals surface area contributed by atoms with Gasteiger partial charge >= 0.3 is 5.97 Å². The molecule has 2 rings (SSSR count). The molecule has 0 saturated carbocycles. The van der Waals surface area contributed by atoms with Crippen molar-refractivity contribution in [3.8, 4) is 5.75 Å². The highest BCUT2D eigenvalue weighted by Gasteiger charge is 2.24. The van der Waals surface area contributed by atoms with Gasteiger partial charge in [-0.25, -0.2) is 0 Å². The van der Waals surface area contributed by atoms with Crippen LogP contribution >= 0.6 is 0 Å². The van der Waals surface area contributed by atoms with Crippen LogP contribution in [0, 0.1) is 0 Å². The van der Waals surface area contributed by atoms with Crippen LogP contribution in [0.5, 0.6) is 5.75 Å². The zero-order valence-electron chi connectivity index (χ0n) is 12.8. The highest BCUT2D eigenvalue weighted by Crippen LogP contribution is 2.34. The van der Waals surface area contributed by atoms with Crippen LogP contribution in [0.1, 0.15) is 12.8 Å². The van der Waals surface area contributed by atoms with Crippen molar-refractivity contribution in [3.63, 3.8) is 0 Å². The normalized spacial score (nSPS) is 12.9. The summed E-state index contributed by atoms with van der Waals surface area (Å²) >= 11 is 0. The van der Waals surface area contributed by atoms with E-state index in [1.165, 1.54) is 7.11 Å². The topological polar surface area (TPSA) is 84.9 Å². The molecule has 0 fully saturated rings. The number of nitrogens with zero attached hydrogens (tertiary/aromatic N) is 1. The van der Waals surface area contributed by atoms with Crippen molar-refractivity contribution in [2.75, 3.05) is 30.5 Å². The molecule has 0 unspecified atom stereocenters. The van der Waals surface area contributed by atoms with Crippen LogP contribution < -0.4 is 15.0 Å². The standard InChI is InChI=1S/C16H18N2O5/c1-3-8-18-12-5-4-11(9-13(12)23-10-15(18)20)17-14(19)6-7-16(21)22-2/h3-5,9H,1,6-8,10H2,2H3,(H,17,19). The number of anilines is 2. The Labute approximate surface area is 133 Å². The van der Waals surface area contributed by atoms with E-state index in [1.807, 2.05) is 0 Å². The number of hydrogen-bond acceptors (Lipinski definition) is 5. The van der Waals surface area contributed by atoms with Gasteiger partial charge in [-0.15, -0.1) is 6.58 Å². The first-order valence-electron chi connectivity index (χ1n) is 7.10. The third-order valence-electron chi connectivity index (χ3n) is 3.28. The predicted octanol–water partition coefficient (Wildman–Crippen LogP) is 1.49. The van der Waals surface area contributed by atoms with Crippen LogP contribution in [0.15, 0.2) is 30.9 Å². The van der Waals surface area contributed by atoms with E-state index in [9.17, 15) is 14.4 Å². The summed E-state index contributed by atoms with van der Waals surface area (Å²) in [5, 5.41) is 2.68. The van der Waals surface area contributed by atoms with Gasteiger partial charge in [0.05, 0.1) is 19.2 Å².